The molecule has 0 aromatic heterocycles. The Kier molecular flexibility index (Phi) is 8.09. The summed E-state index contributed by atoms with van der Waals surface area (Å²) in [4.78, 5) is 14.7. The van der Waals surface area contributed by atoms with Gasteiger partial charge in [-0.2, -0.15) is 5.26 Å². The molecule has 0 amide bonds. The molecule has 2 aromatic rings. The van der Waals surface area contributed by atoms with Crippen molar-refractivity contribution in [2.75, 3.05) is 18.1 Å². The largest absolute Gasteiger partial charge is 0.394 e. The van der Waals surface area contributed by atoms with Crippen LogP contribution in [0.4, 0.5) is 5.69 Å². The number of piperidine rings is 1. The van der Waals surface area contributed by atoms with E-state index in [0.29, 0.717) is 6.04 Å². The van der Waals surface area contributed by atoms with Crippen LogP contribution in [0.25, 0.3) is 16.8 Å². The van der Waals surface area contributed by atoms with Gasteiger partial charge in [0.1, 0.15) is 6.07 Å². The van der Waals surface area contributed by atoms with Gasteiger partial charge >= 0.3 is 0 Å². The summed E-state index contributed by atoms with van der Waals surface area (Å²) >= 11 is 6.45. The molecule has 31 heavy (non-hydrogen) atoms. The number of alkyl halides is 1. The van der Waals surface area contributed by atoms with Gasteiger partial charge in [-0.15, -0.1) is 11.6 Å². The number of carbonyl (C=O) groups is 1. The number of aliphatic hydroxyl groups excluding tert-OH is 2. The minimum atomic E-state index is -0.944. The molecular formula is C25H29ClN2O3. The molecule has 1 fully saturated rings. The minimum Gasteiger partial charge on any atom is -0.394 e. The van der Waals surface area contributed by atoms with Crippen LogP contribution in [0, 0.1) is 11.3 Å². The molecule has 0 aliphatic carbocycles. The number of nitrogens with zero attached hydrogens (tertiary/aromatic N) is 2. The van der Waals surface area contributed by atoms with Crippen molar-refractivity contribution < 1.29 is 15.0 Å². The van der Waals surface area contributed by atoms with E-state index >= 15 is 0 Å². The predicted octanol–water partition coefficient (Wildman–Crippen LogP) is 4.44. The van der Waals surface area contributed by atoms with Crippen LogP contribution in [0.5, 0.6) is 0 Å². The first-order chi connectivity index (χ1) is 14.9. The van der Waals surface area contributed by atoms with E-state index < -0.39 is 12.7 Å². The highest BCUT2D eigenvalue weighted by atomic mass is 35.5. The number of carbonyl (C=O) groups excluding carboxylic acids is 1. The summed E-state index contributed by atoms with van der Waals surface area (Å²) in [6.45, 7) is 2.67. The first-order valence-corrected chi connectivity index (χ1v) is 11.2. The van der Waals surface area contributed by atoms with Gasteiger partial charge in [-0.05, 0) is 73.2 Å². The number of rotatable bonds is 8. The number of hydrogen-bond acceptors (Lipinski definition) is 5. The second-order valence-electron chi connectivity index (χ2n) is 8.19. The average Bonchev–Trinajstić information content (AvgIpc) is 2.80. The first kappa shape index (κ1) is 23.3. The Morgan fingerprint density at radius 1 is 1.29 bits per heavy atom. The monoisotopic (exact) mass is 440 g/mol. The number of ketones is 1. The van der Waals surface area contributed by atoms with Gasteiger partial charge in [0.25, 0.3) is 0 Å². The van der Waals surface area contributed by atoms with Gasteiger partial charge in [-0.25, -0.2) is 0 Å². The van der Waals surface area contributed by atoms with Crippen LogP contribution in [-0.4, -0.2) is 46.7 Å². The van der Waals surface area contributed by atoms with Crippen LogP contribution in [-0.2, 0) is 4.79 Å². The zero-order valence-electron chi connectivity index (χ0n) is 17.8. The summed E-state index contributed by atoms with van der Waals surface area (Å²) in [6.07, 6.45) is 4.27. The smallest absolute Gasteiger partial charge is 0.173 e. The number of Topliss-reactive ketones (excluding diaryl/α,β-unsaturated/α-hetero) is 1. The Hall–Kier alpha value is -2.39. The molecule has 3 unspecified atom stereocenters. The molecule has 0 radical (unpaired) electrons. The number of aliphatic hydroxyl groups is 2. The molecule has 5 nitrogen and oxygen atoms in total. The Bertz CT molecular complexity index is 996. The molecule has 1 aliphatic heterocycles. The van der Waals surface area contributed by atoms with Crippen molar-refractivity contribution in [1.29, 1.82) is 5.26 Å². The Labute approximate surface area is 188 Å². The highest BCUT2D eigenvalue weighted by Gasteiger charge is 2.26. The summed E-state index contributed by atoms with van der Waals surface area (Å²) in [5, 5.41) is 29.9. The summed E-state index contributed by atoms with van der Waals surface area (Å²) in [6, 6.07) is 14.5. The number of benzene rings is 2. The molecule has 0 saturated carbocycles. The van der Waals surface area contributed by atoms with Gasteiger partial charge in [0.2, 0.25) is 0 Å². The third-order valence-electron chi connectivity index (χ3n) is 5.91. The van der Waals surface area contributed by atoms with E-state index in [1.54, 1.807) is 6.08 Å². The Morgan fingerprint density at radius 3 is 2.74 bits per heavy atom. The van der Waals surface area contributed by atoms with Crippen molar-refractivity contribution in [3.63, 3.8) is 0 Å². The van der Waals surface area contributed by atoms with Crippen LogP contribution in [0.15, 0.2) is 42.0 Å². The van der Waals surface area contributed by atoms with E-state index in [4.69, 9.17) is 16.7 Å². The van der Waals surface area contributed by atoms with Gasteiger partial charge in [0.05, 0.1) is 23.7 Å². The summed E-state index contributed by atoms with van der Waals surface area (Å²) in [7, 11) is 0. The van der Waals surface area contributed by atoms with Crippen molar-refractivity contribution in [2.24, 2.45) is 0 Å². The van der Waals surface area contributed by atoms with Crippen molar-refractivity contribution in [3.05, 3.63) is 47.5 Å². The van der Waals surface area contributed by atoms with Gasteiger partial charge in [0, 0.05) is 24.7 Å². The number of allylic oxidation sites excluding steroid dienone is 1. The lowest BCUT2D eigenvalue weighted by atomic mass is 9.97. The lowest BCUT2D eigenvalue weighted by Gasteiger charge is -2.39. The van der Waals surface area contributed by atoms with Gasteiger partial charge in [-0.3, -0.25) is 4.79 Å². The van der Waals surface area contributed by atoms with Gasteiger partial charge < -0.3 is 15.1 Å². The fourth-order valence-corrected chi connectivity index (χ4v) is 4.40. The van der Waals surface area contributed by atoms with E-state index in [1.165, 1.54) is 18.5 Å². The Balaban J connectivity index is 1.81. The van der Waals surface area contributed by atoms with Gasteiger partial charge in [0.15, 0.2) is 5.78 Å². The maximum absolute atomic E-state index is 12.3. The van der Waals surface area contributed by atoms with Crippen molar-refractivity contribution in [1.82, 2.24) is 0 Å². The van der Waals surface area contributed by atoms with Crippen molar-refractivity contribution >= 4 is 39.9 Å². The fourth-order valence-electron chi connectivity index (χ4n) is 4.14. The third kappa shape index (κ3) is 5.86. The molecule has 1 heterocycles. The standard InChI is InChI=1S/C25H29ClN2O3/c1-17(26)24-4-2-3-11-28(24)22-8-7-19-12-18(5-6-20(19)14-22)13-21(15-27)25(31)10-9-23(30)16-29/h5-8,12-14,17,23-24,29-30H,2-4,9-11,16H2,1H3/b21-13+. The maximum atomic E-state index is 12.3. The molecule has 2 N–H and O–H groups in total. The average molecular weight is 441 g/mol. The molecule has 2 aromatic carbocycles. The molecule has 1 saturated heterocycles. The molecule has 6 heteroatoms. The molecule has 3 rings (SSSR count). The highest BCUT2D eigenvalue weighted by molar-refractivity contribution is 6.21. The summed E-state index contributed by atoms with van der Waals surface area (Å²) in [5.41, 5.74) is 2.00. The zero-order chi connectivity index (χ0) is 22.4. The molecule has 1 aliphatic rings. The number of hydrogen-bond donors (Lipinski definition) is 2. The Morgan fingerprint density at radius 2 is 2.03 bits per heavy atom. The van der Waals surface area contributed by atoms with Crippen molar-refractivity contribution in [3.8, 4) is 6.07 Å². The van der Waals surface area contributed by atoms with Crippen LogP contribution < -0.4 is 4.90 Å². The van der Waals surface area contributed by atoms with E-state index in [9.17, 15) is 15.2 Å². The normalized spacial score (nSPS) is 19.1. The van der Waals surface area contributed by atoms with Crippen LogP contribution in [0.2, 0.25) is 0 Å². The van der Waals surface area contributed by atoms with E-state index in [-0.39, 0.29) is 29.6 Å². The number of anilines is 1. The van der Waals surface area contributed by atoms with E-state index in [0.717, 1.165) is 29.3 Å². The minimum absolute atomic E-state index is 0.0219. The lowest BCUT2D eigenvalue weighted by molar-refractivity contribution is -0.115. The molecular weight excluding hydrogens is 412 g/mol. The number of fused-ring (bicyclic) bond motifs is 1. The lowest BCUT2D eigenvalue weighted by Crippen LogP contribution is -2.44. The van der Waals surface area contributed by atoms with E-state index in [1.807, 2.05) is 24.3 Å². The maximum Gasteiger partial charge on any atom is 0.173 e. The highest BCUT2D eigenvalue weighted by Crippen LogP contribution is 2.31. The fraction of sp³-hybridized carbons (Fsp3) is 0.440. The zero-order valence-corrected chi connectivity index (χ0v) is 18.6. The van der Waals surface area contributed by atoms with Crippen LogP contribution >= 0.6 is 11.6 Å². The molecule has 0 bridgehead atoms. The molecule has 164 valence electrons. The number of nitriles is 1. The molecule has 3 atom stereocenters. The predicted molar refractivity (Wildman–Crippen MR) is 125 cm³/mol. The van der Waals surface area contributed by atoms with Gasteiger partial charge in [-0.1, -0.05) is 18.2 Å². The van der Waals surface area contributed by atoms with Crippen LogP contribution in [0.3, 0.4) is 0 Å². The number of halogens is 1. The van der Waals surface area contributed by atoms with Crippen LogP contribution in [0.1, 0.15) is 44.6 Å². The van der Waals surface area contributed by atoms with E-state index in [2.05, 4.69) is 30.0 Å². The third-order valence-corrected chi connectivity index (χ3v) is 6.20. The van der Waals surface area contributed by atoms with Crippen molar-refractivity contribution in [2.45, 2.75) is 56.6 Å². The summed E-state index contributed by atoms with van der Waals surface area (Å²) < 4.78 is 0. The topological polar surface area (TPSA) is 84.6 Å². The summed E-state index contributed by atoms with van der Waals surface area (Å²) in [5.74, 6) is -0.336. The molecule has 0 spiro atoms. The second kappa shape index (κ2) is 10.8. The quantitative estimate of drug-likeness (QED) is 0.360. The first-order valence-electron chi connectivity index (χ1n) is 10.8. The SMILES string of the molecule is CC(Cl)C1CCCCN1c1ccc2cc(/C=C(\C#N)C(=O)CCC(O)CO)ccc2c1. The second-order valence-corrected chi connectivity index (χ2v) is 8.88.